The molecule has 0 spiro atoms. The average Bonchev–Trinajstić information content (AvgIpc) is 3.25. The van der Waals surface area contributed by atoms with Gasteiger partial charge in [0.2, 0.25) is 0 Å². The van der Waals surface area contributed by atoms with Gasteiger partial charge in [-0.05, 0) is 73.3 Å². The minimum Gasteiger partial charge on any atom is -0.459 e. The molecule has 0 bridgehead atoms. The Morgan fingerprint density at radius 3 is 2.19 bits per heavy atom. The summed E-state index contributed by atoms with van der Waals surface area (Å²) in [5, 5.41) is 0.929. The molecule has 4 aromatic rings. The zero-order chi connectivity index (χ0) is 25.4. The van der Waals surface area contributed by atoms with Crippen LogP contribution in [0.3, 0.4) is 0 Å². The Morgan fingerprint density at radius 2 is 1.56 bits per heavy atom. The molecule has 0 unspecified atom stereocenters. The molecule has 0 radical (unpaired) electrons. The van der Waals surface area contributed by atoms with Crippen LogP contribution in [0.1, 0.15) is 29.0 Å². The highest BCUT2D eigenvalue weighted by Crippen LogP contribution is 2.36. The first kappa shape index (κ1) is 24.1. The second-order valence-electron chi connectivity index (χ2n) is 9.63. The third-order valence-corrected chi connectivity index (χ3v) is 6.54. The predicted octanol–water partition coefficient (Wildman–Crippen LogP) is 6.84. The summed E-state index contributed by atoms with van der Waals surface area (Å²) < 4.78 is 46.7. The largest absolute Gasteiger partial charge is 0.459 e. The average molecular weight is 493 g/mol. The molecule has 186 valence electrons. The van der Waals surface area contributed by atoms with Gasteiger partial charge in [-0.15, -0.1) is 0 Å². The zero-order valence-corrected chi connectivity index (χ0v) is 20.2. The van der Waals surface area contributed by atoms with Gasteiger partial charge < -0.3 is 14.2 Å². The van der Waals surface area contributed by atoms with Crippen LogP contribution in [-0.4, -0.2) is 48.8 Å². The summed E-state index contributed by atoms with van der Waals surface area (Å²) in [6.07, 6.45) is -0.604. The van der Waals surface area contributed by atoms with Gasteiger partial charge in [-0.1, -0.05) is 24.3 Å². The fraction of sp³-hybridized carbons (Fsp3) is 0.276. The van der Waals surface area contributed by atoms with E-state index < -0.39 is 5.92 Å². The van der Waals surface area contributed by atoms with E-state index in [1.165, 1.54) is 17.0 Å². The Balaban J connectivity index is 1.49. The van der Waals surface area contributed by atoms with E-state index >= 15 is 0 Å². The maximum absolute atomic E-state index is 13.6. The predicted molar refractivity (Wildman–Crippen MR) is 135 cm³/mol. The number of hydrogen-bond donors (Lipinski definition) is 0. The van der Waals surface area contributed by atoms with Crippen LogP contribution in [0, 0.1) is 5.82 Å². The van der Waals surface area contributed by atoms with Crippen LogP contribution in [0.2, 0.25) is 0 Å². The Morgan fingerprint density at radius 1 is 0.917 bits per heavy atom. The maximum atomic E-state index is 13.6. The van der Waals surface area contributed by atoms with E-state index in [0.717, 1.165) is 39.0 Å². The van der Waals surface area contributed by atoms with Crippen molar-refractivity contribution >= 4 is 16.9 Å². The molecule has 1 saturated heterocycles. The van der Waals surface area contributed by atoms with Crippen LogP contribution in [0.4, 0.5) is 13.2 Å². The summed E-state index contributed by atoms with van der Waals surface area (Å²) in [7, 11) is 3.94. The van der Waals surface area contributed by atoms with Crippen molar-refractivity contribution in [2.24, 2.45) is 0 Å². The number of halogens is 3. The summed E-state index contributed by atoms with van der Waals surface area (Å²) in [5.41, 5.74) is 4.72. The summed E-state index contributed by atoms with van der Waals surface area (Å²) in [6, 6.07) is 19.6. The normalized spacial score (nSPS) is 15.6. The molecule has 4 nitrogen and oxygen atoms in total. The number of benzene rings is 3. The van der Waals surface area contributed by atoms with E-state index in [4.69, 9.17) is 4.42 Å². The Bertz CT molecular complexity index is 1380. The van der Waals surface area contributed by atoms with Gasteiger partial charge in [0.05, 0.1) is 6.54 Å². The number of alkyl halides is 2. The second kappa shape index (κ2) is 9.47. The topological polar surface area (TPSA) is 36.7 Å². The number of amides is 1. The maximum Gasteiger partial charge on any atom is 0.253 e. The molecule has 0 atom stereocenters. The number of rotatable bonds is 5. The van der Waals surface area contributed by atoms with Gasteiger partial charge in [-0.3, -0.25) is 4.79 Å². The summed E-state index contributed by atoms with van der Waals surface area (Å²) in [5.74, 6) is -2.41. The van der Waals surface area contributed by atoms with E-state index in [1.54, 1.807) is 24.3 Å². The molecule has 7 heteroatoms. The lowest BCUT2D eigenvalue weighted by Crippen LogP contribution is -2.42. The summed E-state index contributed by atoms with van der Waals surface area (Å²) in [6.45, 7) is 0.758. The Kier molecular flexibility index (Phi) is 6.35. The fourth-order valence-corrected chi connectivity index (χ4v) is 4.63. The first-order valence-electron chi connectivity index (χ1n) is 11.9. The fourth-order valence-electron chi connectivity index (χ4n) is 4.63. The number of likely N-dealkylation sites (tertiary alicyclic amines) is 1. The third kappa shape index (κ3) is 5.02. The van der Waals surface area contributed by atoms with Gasteiger partial charge in [0.1, 0.15) is 17.2 Å². The Labute approximate surface area is 207 Å². The second-order valence-corrected chi connectivity index (χ2v) is 9.63. The highest BCUT2D eigenvalue weighted by Gasteiger charge is 2.35. The minimum atomic E-state index is -2.69. The van der Waals surface area contributed by atoms with E-state index in [1.807, 2.05) is 49.3 Å². The number of fused-ring (bicyclic) bond motifs is 1. The van der Waals surface area contributed by atoms with Crippen LogP contribution < -0.4 is 0 Å². The van der Waals surface area contributed by atoms with Gasteiger partial charge >= 0.3 is 0 Å². The van der Waals surface area contributed by atoms with Crippen molar-refractivity contribution in [3.05, 3.63) is 83.9 Å². The summed E-state index contributed by atoms with van der Waals surface area (Å²) >= 11 is 0. The molecule has 5 rings (SSSR count). The van der Waals surface area contributed by atoms with Crippen LogP contribution in [0.25, 0.3) is 33.2 Å². The molecule has 1 fully saturated rings. The molecule has 3 aromatic carbocycles. The molecule has 1 aliphatic rings. The molecule has 36 heavy (non-hydrogen) atoms. The van der Waals surface area contributed by atoms with E-state index in [0.29, 0.717) is 12.1 Å². The molecule has 1 aliphatic heterocycles. The van der Waals surface area contributed by atoms with Gasteiger partial charge in [0, 0.05) is 42.4 Å². The SMILES string of the molecule is CN(C)Cc1cc2cc(-c3ccc(C(=O)N4CCC(F)(F)CC4)cc3)cc(-c3ccc(F)cc3)c2o1. The monoisotopic (exact) mass is 492 g/mol. The zero-order valence-electron chi connectivity index (χ0n) is 20.2. The lowest BCUT2D eigenvalue weighted by atomic mass is 9.96. The van der Waals surface area contributed by atoms with Crippen molar-refractivity contribution in [2.75, 3.05) is 27.2 Å². The van der Waals surface area contributed by atoms with Gasteiger partial charge in [0.25, 0.3) is 11.8 Å². The number of nitrogens with zero attached hydrogens (tertiary/aromatic N) is 2. The van der Waals surface area contributed by atoms with Gasteiger partial charge in [0.15, 0.2) is 0 Å². The van der Waals surface area contributed by atoms with E-state index in [9.17, 15) is 18.0 Å². The van der Waals surface area contributed by atoms with E-state index in [-0.39, 0.29) is 37.7 Å². The van der Waals surface area contributed by atoms with Crippen LogP contribution in [-0.2, 0) is 6.54 Å². The van der Waals surface area contributed by atoms with Gasteiger partial charge in [-0.25, -0.2) is 13.2 Å². The molecule has 0 saturated carbocycles. The van der Waals surface area contributed by atoms with Crippen LogP contribution >= 0.6 is 0 Å². The molecular weight excluding hydrogens is 465 g/mol. The summed E-state index contributed by atoms with van der Waals surface area (Å²) in [4.78, 5) is 16.3. The molecule has 1 amide bonds. The molecule has 0 N–H and O–H groups in total. The number of carbonyl (C=O) groups excluding carboxylic acids is 1. The number of piperidine rings is 1. The van der Waals surface area contributed by atoms with Crippen molar-refractivity contribution in [1.29, 1.82) is 0 Å². The lowest BCUT2D eigenvalue weighted by Gasteiger charge is -2.31. The lowest BCUT2D eigenvalue weighted by molar-refractivity contribution is -0.0494. The van der Waals surface area contributed by atoms with Gasteiger partial charge in [-0.2, -0.15) is 0 Å². The van der Waals surface area contributed by atoms with Crippen molar-refractivity contribution in [1.82, 2.24) is 9.80 Å². The third-order valence-electron chi connectivity index (χ3n) is 6.54. The van der Waals surface area contributed by atoms with Crippen molar-refractivity contribution in [3.63, 3.8) is 0 Å². The first-order valence-corrected chi connectivity index (χ1v) is 11.9. The van der Waals surface area contributed by atoms with E-state index in [2.05, 4.69) is 0 Å². The smallest absolute Gasteiger partial charge is 0.253 e. The molecular formula is C29H27F3N2O2. The Hall–Kier alpha value is -3.58. The van der Waals surface area contributed by atoms with Crippen LogP contribution in [0.15, 0.2) is 71.1 Å². The highest BCUT2D eigenvalue weighted by atomic mass is 19.3. The number of carbonyl (C=O) groups is 1. The number of hydrogen-bond acceptors (Lipinski definition) is 3. The molecule has 1 aromatic heterocycles. The first-order chi connectivity index (χ1) is 17.2. The standard InChI is InChI=1S/C29H27F3N2O2/c1-33(2)18-25-16-23-15-22(17-26(27(23)36-25)20-7-9-24(30)10-8-20)19-3-5-21(6-4-19)28(35)34-13-11-29(31,32)12-14-34/h3-10,15-17H,11-14,18H2,1-2H3. The molecule has 2 heterocycles. The van der Waals surface area contributed by atoms with Crippen molar-refractivity contribution in [2.45, 2.75) is 25.3 Å². The van der Waals surface area contributed by atoms with Crippen LogP contribution in [0.5, 0.6) is 0 Å². The van der Waals surface area contributed by atoms with Crippen molar-refractivity contribution in [3.8, 4) is 22.3 Å². The highest BCUT2D eigenvalue weighted by molar-refractivity contribution is 5.98. The number of furan rings is 1. The molecule has 0 aliphatic carbocycles. The minimum absolute atomic E-state index is 0.0566. The quantitative estimate of drug-likeness (QED) is 0.306. The van der Waals surface area contributed by atoms with Crippen molar-refractivity contribution < 1.29 is 22.4 Å².